The molecule has 0 spiro atoms. The first kappa shape index (κ1) is 12.7. The first-order valence-corrected chi connectivity index (χ1v) is 7.15. The number of furan rings is 1. The van der Waals surface area contributed by atoms with Gasteiger partial charge in [0.2, 0.25) is 0 Å². The van der Waals surface area contributed by atoms with Crippen molar-refractivity contribution in [2.45, 2.75) is 50.8 Å². The van der Waals surface area contributed by atoms with Crippen LogP contribution in [0.5, 0.6) is 0 Å². The fraction of sp³-hybridized carbons (Fsp3) is 0.500. The number of rotatable bonds is 3. The number of hydrogen-bond acceptors (Lipinski definition) is 3. The second kappa shape index (κ2) is 5.35. The Morgan fingerprint density at radius 2 is 2.21 bits per heavy atom. The molecule has 1 saturated heterocycles. The van der Waals surface area contributed by atoms with Gasteiger partial charge in [-0.1, -0.05) is 24.6 Å². The van der Waals surface area contributed by atoms with E-state index in [1.165, 1.54) is 12.8 Å². The number of hydrogen-bond donors (Lipinski definition) is 2. The predicted molar refractivity (Wildman–Crippen MR) is 76.0 cm³/mol. The van der Waals surface area contributed by atoms with E-state index in [0.717, 1.165) is 23.8 Å². The topological polar surface area (TPSA) is 45.4 Å². The minimum atomic E-state index is -0.518. The standard InChI is InChI=1S/C16H21NO2/c1-11-5-4-7-13(17-11)10-14(18)16-9-12-6-2-3-8-15(12)19-16/h2-3,6,8-9,11,13-14,17-18H,4-5,7,10H2,1H3. The minimum Gasteiger partial charge on any atom is -0.458 e. The Hall–Kier alpha value is -1.32. The maximum Gasteiger partial charge on any atom is 0.134 e. The number of nitrogens with one attached hydrogen (secondary N) is 1. The van der Waals surface area contributed by atoms with Crippen molar-refractivity contribution in [1.29, 1.82) is 0 Å². The lowest BCUT2D eigenvalue weighted by molar-refractivity contribution is 0.119. The highest BCUT2D eigenvalue weighted by molar-refractivity contribution is 5.77. The number of fused-ring (bicyclic) bond motifs is 1. The summed E-state index contributed by atoms with van der Waals surface area (Å²) in [6.45, 7) is 2.21. The second-order valence-electron chi connectivity index (χ2n) is 5.63. The molecule has 3 nitrogen and oxygen atoms in total. The van der Waals surface area contributed by atoms with E-state index in [1.54, 1.807) is 0 Å². The molecular formula is C16H21NO2. The molecule has 102 valence electrons. The zero-order chi connectivity index (χ0) is 13.2. The molecule has 1 aromatic carbocycles. The van der Waals surface area contributed by atoms with Crippen LogP contribution in [0.15, 0.2) is 34.7 Å². The van der Waals surface area contributed by atoms with Crippen LogP contribution in [0.4, 0.5) is 0 Å². The van der Waals surface area contributed by atoms with Crippen molar-refractivity contribution in [2.24, 2.45) is 0 Å². The molecule has 0 radical (unpaired) electrons. The highest BCUT2D eigenvalue weighted by Crippen LogP contribution is 2.28. The highest BCUT2D eigenvalue weighted by Gasteiger charge is 2.23. The van der Waals surface area contributed by atoms with Gasteiger partial charge in [0.05, 0.1) is 0 Å². The van der Waals surface area contributed by atoms with E-state index in [1.807, 2.05) is 30.3 Å². The molecule has 2 aromatic rings. The van der Waals surface area contributed by atoms with Gasteiger partial charge in [-0.15, -0.1) is 0 Å². The molecule has 0 bridgehead atoms. The van der Waals surface area contributed by atoms with Gasteiger partial charge >= 0.3 is 0 Å². The van der Waals surface area contributed by atoms with Crippen molar-refractivity contribution >= 4 is 11.0 Å². The molecule has 0 amide bonds. The van der Waals surface area contributed by atoms with Gasteiger partial charge in [-0.2, -0.15) is 0 Å². The monoisotopic (exact) mass is 259 g/mol. The molecule has 0 aliphatic carbocycles. The smallest absolute Gasteiger partial charge is 0.134 e. The van der Waals surface area contributed by atoms with E-state index in [9.17, 15) is 5.11 Å². The van der Waals surface area contributed by atoms with Crippen LogP contribution in [0.2, 0.25) is 0 Å². The summed E-state index contributed by atoms with van der Waals surface area (Å²) < 4.78 is 5.72. The molecule has 3 rings (SSSR count). The predicted octanol–water partition coefficient (Wildman–Crippen LogP) is 3.39. The van der Waals surface area contributed by atoms with E-state index >= 15 is 0 Å². The summed E-state index contributed by atoms with van der Waals surface area (Å²) in [5, 5.41) is 14.9. The zero-order valence-corrected chi connectivity index (χ0v) is 11.3. The quantitative estimate of drug-likeness (QED) is 0.888. The number of aliphatic hydroxyl groups excluding tert-OH is 1. The van der Waals surface area contributed by atoms with Crippen LogP contribution in [0.1, 0.15) is 44.5 Å². The molecule has 3 heteroatoms. The molecule has 3 unspecified atom stereocenters. The number of para-hydroxylation sites is 1. The highest BCUT2D eigenvalue weighted by atomic mass is 16.4. The molecule has 0 saturated carbocycles. The summed E-state index contributed by atoms with van der Waals surface area (Å²) >= 11 is 0. The Kier molecular flexibility index (Phi) is 3.58. The fourth-order valence-corrected chi connectivity index (χ4v) is 2.98. The van der Waals surface area contributed by atoms with Crippen molar-refractivity contribution in [2.75, 3.05) is 0 Å². The average Bonchev–Trinajstić information content (AvgIpc) is 2.82. The molecule has 1 aliphatic heterocycles. The van der Waals surface area contributed by atoms with Gasteiger partial charge in [0, 0.05) is 17.5 Å². The van der Waals surface area contributed by atoms with Crippen LogP contribution >= 0.6 is 0 Å². The molecule has 19 heavy (non-hydrogen) atoms. The van der Waals surface area contributed by atoms with Gasteiger partial charge in [0.1, 0.15) is 17.4 Å². The molecule has 1 aromatic heterocycles. The summed E-state index contributed by atoms with van der Waals surface area (Å²) in [4.78, 5) is 0. The number of piperidine rings is 1. The summed E-state index contributed by atoms with van der Waals surface area (Å²) in [5.74, 6) is 0.682. The number of benzene rings is 1. The Bertz CT molecular complexity index is 515. The van der Waals surface area contributed by atoms with Crippen LogP contribution < -0.4 is 5.32 Å². The first-order valence-electron chi connectivity index (χ1n) is 7.15. The Labute approximate surface area is 113 Å². The Balaban J connectivity index is 1.70. The van der Waals surface area contributed by atoms with Crippen molar-refractivity contribution in [3.05, 3.63) is 36.1 Å². The molecule has 1 aliphatic rings. The Morgan fingerprint density at radius 1 is 1.37 bits per heavy atom. The van der Waals surface area contributed by atoms with E-state index in [4.69, 9.17) is 4.42 Å². The largest absolute Gasteiger partial charge is 0.458 e. The first-order chi connectivity index (χ1) is 9.22. The van der Waals surface area contributed by atoms with Gasteiger partial charge in [0.25, 0.3) is 0 Å². The third kappa shape index (κ3) is 2.82. The van der Waals surface area contributed by atoms with Crippen molar-refractivity contribution in [3.63, 3.8) is 0 Å². The SMILES string of the molecule is CC1CCCC(CC(O)c2cc3ccccc3o2)N1. The van der Waals surface area contributed by atoms with Gasteiger partial charge in [0.15, 0.2) is 0 Å². The summed E-state index contributed by atoms with van der Waals surface area (Å²) in [6.07, 6.45) is 3.82. The van der Waals surface area contributed by atoms with Gasteiger partial charge < -0.3 is 14.8 Å². The maximum absolute atomic E-state index is 10.3. The van der Waals surface area contributed by atoms with E-state index in [2.05, 4.69) is 12.2 Å². The Morgan fingerprint density at radius 3 is 3.00 bits per heavy atom. The van der Waals surface area contributed by atoms with Gasteiger partial charge in [-0.3, -0.25) is 0 Å². The third-order valence-electron chi connectivity index (χ3n) is 3.99. The zero-order valence-electron chi connectivity index (χ0n) is 11.3. The molecule has 3 atom stereocenters. The molecular weight excluding hydrogens is 238 g/mol. The van der Waals surface area contributed by atoms with Crippen LogP contribution in [0, 0.1) is 0 Å². The molecule has 1 fully saturated rings. The number of aliphatic hydroxyl groups is 1. The van der Waals surface area contributed by atoms with E-state index in [0.29, 0.717) is 17.8 Å². The summed E-state index contributed by atoms with van der Waals surface area (Å²) in [5.41, 5.74) is 0.849. The average molecular weight is 259 g/mol. The third-order valence-corrected chi connectivity index (χ3v) is 3.99. The maximum atomic E-state index is 10.3. The van der Waals surface area contributed by atoms with Crippen molar-refractivity contribution < 1.29 is 9.52 Å². The van der Waals surface area contributed by atoms with E-state index < -0.39 is 6.10 Å². The van der Waals surface area contributed by atoms with Crippen LogP contribution in [-0.4, -0.2) is 17.2 Å². The van der Waals surface area contributed by atoms with Crippen LogP contribution in [0.25, 0.3) is 11.0 Å². The second-order valence-corrected chi connectivity index (χ2v) is 5.63. The lowest BCUT2D eigenvalue weighted by Crippen LogP contribution is -2.41. The lowest BCUT2D eigenvalue weighted by atomic mass is 9.95. The minimum absolute atomic E-state index is 0.395. The van der Waals surface area contributed by atoms with E-state index in [-0.39, 0.29) is 0 Å². The lowest BCUT2D eigenvalue weighted by Gasteiger charge is -2.29. The van der Waals surface area contributed by atoms with Crippen LogP contribution in [0.3, 0.4) is 0 Å². The van der Waals surface area contributed by atoms with Gasteiger partial charge in [-0.05, 0) is 38.3 Å². The normalized spacial score (nSPS) is 25.6. The summed E-state index contributed by atoms with van der Waals surface area (Å²) in [7, 11) is 0. The van der Waals surface area contributed by atoms with Crippen molar-refractivity contribution in [1.82, 2.24) is 5.32 Å². The molecule has 2 N–H and O–H groups in total. The fourth-order valence-electron chi connectivity index (χ4n) is 2.98. The van der Waals surface area contributed by atoms with Crippen LogP contribution in [-0.2, 0) is 0 Å². The summed E-state index contributed by atoms with van der Waals surface area (Å²) in [6, 6.07) is 10.8. The van der Waals surface area contributed by atoms with Gasteiger partial charge in [-0.25, -0.2) is 0 Å². The van der Waals surface area contributed by atoms with Crippen molar-refractivity contribution in [3.8, 4) is 0 Å². The molecule has 2 heterocycles.